The van der Waals surface area contributed by atoms with Crippen LogP contribution >= 0.6 is 0 Å². The third-order valence-electron chi connectivity index (χ3n) is 1.70. The predicted molar refractivity (Wildman–Crippen MR) is 66.0 cm³/mol. The SMILES string of the molecule is C.Cc1ccccc1.Oc1ccccc1. The number of aromatic hydroxyl groups is 1. The lowest BCUT2D eigenvalue weighted by Crippen LogP contribution is -1.62. The van der Waals surface area contributed by atoms with Crippen LogP contribution in [0.2, 0.25) is 0 Å². The minimum Gasteiger partial charge on any atom is -0.508 e. The molecule has 0 fully saturated rings. The monoisotopic (exact) mass is 202 g/mol. The van der Waals surface area contributed by atoms with Crippen LogP contribution in [0.5, 0.6) is 5.75 Å². The van der Waals surface area contributed by atoms with Crippen molar-refractivity contribution in [3.8, 4) is 5.75 Å². The molecule has 0 saturated carbocycles. The number of phenolic OH excluding ortho intramolecular Hbond substituents is 1. The summed E-state index contributed by atoms with van der Waals surface area (Å²) in [5.74, 6) is 0.322. The standard InChI is InChI=1S/C7H8.C6H6O.CH4/c1-7-5-3-2-4-6-7;7-6-4-2-1-3-5-6;/h2-6H,1H3;1-5,7H;1H4. The molecule has 0 atom stereocenters. The molecule has 0 spiro atoms. The van der Waals surface area contributed by atoms with Gasteiger partial charge in [0.25, 0.3) is 0 Å². The van der Waals surface area contributed by atoms with E-state index in [1.807, 2.05) is 24.3 Å². The highest BCUT2D eigenvalue weighted by Gasteiger charge is 1.74. The van der Waals surface area contributed by atoms with E-state index >= 15 is 0 Å². The summed E-state index contributed by atoms with van der Waals surface area (Å²) >= 11 is 0. The molecule has 2 aromatic rings. The van der Waals surface area contributed by atoms with Crippen LogP contribution in [0.1, 0.15) is 13.0 Å². The van der Waals surface area contributed by atoms with Gasteiger partial charge < -0.3 is 5.11 Å². The molecule has 0 aromatic heterocycles. The average Bonchev–Trinajstić information content (AvgIpc) is 2.21. The van der Waals surface area contributed by atoms with E-state index in [0.717, 1.165) is 0 Å². The van der Waals surface area contributed by atoms with E-state index in [4.69, 9.17) is 5.11 Å². The van der Waals surface area contributed by atoms with Crippen molar-refractivity contribution in [3.05, 3.63) is 66.2 Å². The van der Waals surface area contributed by atoms with Crippen molar-refractivity contribution in [2.24, 2.45) is 0 Å². The number of phenols is 1. The first kappa shape index (κ1) is 13.2. The molecule has 0 aliphatic carbocycles. The molecule has 0 radical (unpaired) electrons. The summed E-state index contributed by atoms with van der Waals surface area (Å²) < 4.78 is 0. The van der Waals surface area contributed by atoms with E-state index in [0.29, 0.717) is 5.75 Å². The van der Waals surface area contributed by atoms with Gasteiger partial charge in [-0.15, -0.1) is 0 Å². The fraction of sp³-hybridized carbons (Fsp3) is 0.143. The fourth-order valence-electron chi connectivity index (χ4n) is 0.962. The molecule has 0 saturated heterocycles. The minimum atomic E-state index is 0. The highest BCUT2D eigenvalue weighted by Crippen LogP contribution is 2.02. The van der Waals surface area contributed by atoms with Gasteiger partial charge in [-0.25, -0.2) is 0 Å². The Hall–Kier alpha value is -1.76. The Balaban J connectivity index is 0.000000245. The van der Waals surface area contributed by atoms with Crippen LogP contribution in [0, 0.1) is 6.92 Å². The molecule has 0 unspecified atom stereocenters. The van der Waals surface area contributed by atoms with E-state index in [1.165, 1.54) is 5.56 Å². The van der Waals surface area contributed by atoms with Crippen LogP contribution in [0.15, 0.2) is 60.7 Å². The normalized spacial score (nSPS) is 8.07. The maximum absolute atomic E-state index is 8.63. The summed E-state index contributed by atoms with van der Waals surface area (Å²) in [6.07, 6.45) is 0. The van der Waals surface area contributed by atoms with Gasteiger partial charge in [0, 0.05) is 0 Å². The Morgan fingerprint density at radius 2 is 1.13 bits per heavy atom. The minimum absolute atomic E-state index is 0. The van der Waals surface area contributed by atoms with Crippen LogP contribution in [-0.4, -0.2) is 5.11 Å². The maximum Gasteiger partial charge on any atom is 0.115 e. The number of hydrogen-bond acceptors (Lipinski definition) is 1. The molecule has 80 valence electrons. The summed E-state index contributed by atoms with van der Waals surface area (Å²) in [5, 5.41) is 8.63. The van der Waals surface area contributed by atoms with Crippen LogP contribution in [0.25, 0.3) is 0 Å². The Kier molecular flexibility index (Phi) is 6.73. The van der Waals surface area contributed by atoms with Crippen molar-refractivity contribution in [1.82, 2.24) is 0 Å². The van der Waals surface area contributed by atoms with Crippen LogP contribution < -0.4 is 0 Å². The molecule has 2 rings (SSSR count). The number of benzene rings is 2. The van der Waals surface area contributed by atoms with Gasteiger partial charge >= 0.3 is 0 Å². The van der Waals surface area contributed by atoms with Crippen molar-refractivity contribution >= 4 is 0 Å². The molecular formula is C14H18O. The smallest absolute Gasteiger partial charge is 0.115 e. The molecule has 1 nitrogen and oxygen atoms in total. The van der Waals surface area contributed by atoms with Gasteiger partial charge in [0.05, 0.1) is 0 Å². The van der Waals surface area contributed by atoms with Crippen LogP contribution in [-0.2, 0) is 0 Å². The Labute approximate surface area is 92.0 Å². The third kappa shape index (κ3) is 6.33. The lowest BCUT2D eigenvalue weighted by molar-refractivity contribution is 0.475. The van der Waals surface area contributed by atoms with Crippen LogP contribution in [0.3, 0.4) is 0 Å². The lowest BCUT2D eigenvalue weighted by atomic mass is 10.2. The quantitative estimate of drug-likeness (QED) is 0.684. The van der Waals surface area contributed by atoms with Crippen molar-refractivity contribution in [2.45, 2.75) is 14.4 Å². The summed E-state index contributed by atoms with van der Waals surface area (Å²) in [7, 11) is 0. The van der Waals surface area contributed by atoms with Crippen LogP contribution in [0.4, 0.5) is 0 Å². The van der Waals surface area contributed by atoms with E-state index in [-0.39, 0.29) is 7.43 Å². The second-order valence-corrected chi connectivity index (χ2v) is 2.99. The largest absolute Gasteiger partial charge is 0.508 e. The van der Waals surface area contributed by atoms with Gasteiger partial charge in [0.15, 0.2) is 0 Å². The first-order valence-corrected chi connectivity index (χ1v) is 4.54. The fourth-order valence-corrected chi connectivity index (χ4v) is 0.962. The Morgan fingerprint density at radius 3 is 1.33 bits per heavy atom. The Bertz CT molecular complexity index is 303. The summed E-state index contributed by atoms with van der Waals surface area (Å²) in [5.41, 5.74) is 1.32. The number of aryl methyl sites for hydroxylation is 1. The second-order valence-electron chi connectivity index (χ2n) is 2.99. The van der Waals surface area contributed by atoms with E-state index < -0.39 is 0 Å². The number of rotatable bonds is 0. The summed E-state index contributed by atoms with van der Waals surface area (Å²) in [6, 6.07) is 19.0. The zero-order chi connectivity index (χ0) is 10.2. The van der Waals surface area contributed by atoms with E-state index in [2.05, 4.69) is 19.1 Å². The molecule has 0 aliphatic heterocycles. The Morgan fingerprint density at radius 1 is 0.733 bits per heavy atom. The summed E-state index contributed by atoms with van der Waals surface area (Å²) in [4.78, 5) is 0. The molecule has 0 amide bonds. The predicted octanol–water partition coefficient (Wildman–Crippen LogP) is 4.02. The average molecular weight is 202 g/mol. The highest BCUT2D eigenvalue weighted by atomic mass is 16.3. The molecule has 0 bridgehead atoms. The first-order chi connectivity index (χ1) is 6.79. The second kappa shape index (κ2) is 7.63. The molecule has 1 heteroatoms. The maximum atomic E-state index is 8.63. The van der Waals surface area contributed by atoms with Crippen molar-refractivity contribution in [1.29, 1.82) is 0 Å². The molecule has 2 aromatic carbocycles. The van der Waals surface area contributed by atoms with Gasteiger partial charge in [0.2, 0.25) is 0 Å². The molecule has 1 N–H and O–H groups in total. The highest BCUT2D eigenvalue weighted by molar-refractivity contribution is 5.18. The van der Waals surface area contributed by atoms with Gasteiger partial charge in [-0.1, -0.05) is 61.5 Å². The first-order valence-electron chi connectivity index (χ1n) is 4.54. The molecular weight excluding hydrogens is 184 g/mol. The zero-order valence-electron chi connectivity index (χ0n) is 8.22. The van der Waals surface area contributed by atoms with Crippen molar-refractivity contribution in [3.63, 3.8) is 0 Å². The summed E-state index contributed by atoms with van der Waals surface area (Å²) in [6.45, 7) is 2.08. The zero-order valence-corrected chi connectivity index (χ0v) is 8.22. The lowest BCUT2D eigenvalue weighted by Gasteiger charge is -1.82. The van der Waals surface area contributed by atoms with Gasteiger partial charge in [-0.2, -0.15) is 0 Å². The molecule has 0 heterocycles. The van der Waals surface area contributed by atoms with E-state index in [1.54, 1.807) is 24.3 Å². The molecule has 15 heavy (non-hydrogen) atoms. The van der Waals surface area contributed by atoms with Crippen molar-refractivity contribution in [2.75, 3.05) is 0 Å². The molecule has 0 aliphatic rings. The van der Waals surface area contributed by atoms with Gasteiger partial charge in [0.1, 0.15) is 5.75 Å². The van der Waals surface area contributed by atoms with Gasteiger partial charge in [-0.05, 0) is 19.1 Å². The topological polar surface area (TPSA) is 20.2 Å². The van der Waals surface area contributed by atoms with Crippen molar-refractivity contribution < 1.29 is 5.11 Å². The number of hydrogen-bond donors (Lipinski definition) is 1. The van der Waals surface area contributed by atoms with E-state index in [9.17, 15) is 0 Å². The number of para-hydroxylation sites is 1. The third-order valence-corrected chi connectivity index (χ3v) is 1.70. The van der Waals surface area contributed by atoms with Gasteiger partial charge in [-0.3, -0.25) is 0 Å².